The maximum atomic E-state index is 14.9. The summed E-state index contributed by atoms with van der Waals surface area (Å²) in [5, 5.41) is 10.0. The zero-order valence-electron chi connectivity index (χ0n) is 20.7. The first-order chi connectivity index (χ1) is 17.3. The van der Waals surface area contributed by atoms with E-state index in [1.54, 1.807) is 30.7 Å². The van der Waals surface area contributed by atoms with Gasteiger partial charge < -0.3 is 15.7 Å². The van der Waals surface area contributed by atoms with Crippen molar-refractivity contribution in [1.29, 1.82) is 0 Å². The molecule has 3 N–H and O–H groups in total. The topological polar surface area (TPSA) is 92.3 Å². The second kappa shape index (κ2) is 8.89. The van der Waals surface area contributed by atoms with Crippen LogP contribution in [0.3, 0.4) is 0 Å². The summed E-state index contributed by atoms with van der Waals surface area (Å²) >= 11 is 0. The average Bonchev–Trinajstić information content (AvgIpc) is 2.80. The standard InChI is InChI=1S/C29H33FN4O2/c1-17-6-18(8-20(31)7-17)23-4-5-32-13-19(23)9-27(36)24-2-3-26(30)25-10-21(14-33-28(24)25)34-15-29(16-34)11-22(35)12-29/h2-5,10,13-14,17-18,20,22,35H,6-9,11-12,15-16,31H2,1H3/t17-,18+,20-/m0/s1. The Kier molecular flexibility index (Phi) is 5.80. The zero-order valence-corrected chi connectivity index (χ0v) is 20.7. The second-order valence-electron chi connectivity index (χ2n) is 11.5. The highest BCUT2D eigenvalue weighted by Gasteiger charge is 2.52. The first kappa shape index (κ1) is 23.5. The quantitative estimate of drug-likeness (QED) is 0.518. The lowest BCUT2D eigenvalue weighted by Gasteiger charge is -2.58. The molecule has 7 heteroatoms. The molecule has 3 aromatic rings. The predicted octanol–water partition coefficient (Wildman–Crippen LogP) is 4.39. The van der Waals surface area contributed by atoms with E-state index in [0.717, 1.165) is 62.0 Å². The van der Waals surface area contributed by atoms with Gasteiger partial charge in [0.05, 0.1) is 23.5 Å². The Balaban J connectivity index is 1.25. The molecule has 1 saturated heterocycles. The van der Waals surface area contributed by atoms with E-state index in [4.69, 9.17) is 5.73 Å². The molecule has 36 heavy (non-hydrogen) atoms. The predicted molar refractivity (Wildman–Crippen MR) is 138 cm³/mol. The van der Waals surface area contributed by atoms with Gasteiger partial charge in [-0.3, -0.25) is 14.8 Å². The first-order valence-corrected chi connectivity index (χ1v) is 13.0. The largest absolute Gasteiger partial charge is 0.393 e. The van der Waals surface area contributed by atoms with Crippen LogP contribution in [-0.4, -0.2) is 46.1 Å². The van der Waals surface area contributed by atoms with Crippen molar-refractivity contribution in [2.75, 3.05) is 18.0 Å². The summed E-state index contributed by atoms with van der Waals surface area (Å²) in [6.07, 6.45) is 9.98. The minimum absolute atomic E-state index is 0.0889. The molecule has 3 aliphatic rings. The van der Waals surface area contributed by atoms with Gasteiger partial charge in [0.25, 0.3) is 0 Å². The number of carbonyl (C=O) groups excluding carboxylic acids is 1. The zero-order chi connectivity index (χ0) is 25.0. The lowest BCUT2D eigenvalue weighted by Crippen LogP contribution is -2.63. The molecular weight excluding hydrogens is 455 g/mol. The SMILES string of the molecule is C[C@@H]1C[C@H](N)C[C@H](c2ccncc2CC(=O)c2ccc(F)c3cc(N4CC5(CC(O)C5)C4)cnc23)C1. The van der Waals surface area contributed by atoms with Crippen LogP contribution in [0.2, 0.25) is 0 Å². The van der Waals surface area contributed by atoms with Crippen LogP contribution in [0.5, 0.6) is 0 Å². The van der Waals surface area contributed by atoms with E-state index in [-0.39, 0.29) is 35.6 Å². The van der Waals surface area contributed by atoms with Gasteiger partial charge in [-0.05, 0) is 79.3 Å². The highest BCUT2D eigenvalue weighted by atomic mass is 19.1. The molecular formula is C29H33FN4O2. The van der Waals surface area contributed by atoms with E-state index < -0.39 is 0 Å². The number of fused-ring (bicyclic) bond motifs is 1. The van der Waals surface area contributed by atoms with Crippen LogP contribution in [0.4, 0.5) is 10.1 Å². The number of nitrogens with two attached hydrogens (primary N) is 1. The van der Waals surface area contributed by atoms with Crippen LogP contribution in [-0.2, 0) is 6.42 Å². The van der Waals surface area contributed by atoms with E-state index in [2.05, 4.69) is 21.8 Å². The molecule has 1 aromatic carbocycles. The number of benzene rings is 1. The Hall–Kier alpha value is -2.90. The highest BCUT2D eigenvalue weighted by molar-refractivity contribution is 6.08. The van der Waals surface area contributed by atoms with E-state index in [0.29, 0.717) is 28.3 Å². The summed E-state index contributed by atoms with van der Waals surface area (Å²) in [4.78, 5) is 24.5. The van der Waals surface area contributed by atoms with Crippen LogP contribution in [0.1, 0.15) is 66.4 Å². The smallest absolute Gasteiger partial charge is 0.169 e. The minimum atomic E-state index is -0.377. The number of carbonyl (C=O) groups is 1. The number of halogens is 1. The Morgan fingerprint density at radius 3 is 2.75 bits per heavy atom. The molecule has 1 spiro atoms. The van der Waals surface area contributed by atoms with Gasteiger partial charge in [0, 0.05) is 54.3 Å². The van der Waals surface area contributed by atoms with Crippen LogP contribution < -0.4 is 10.6 Å². The Morgan fingerprint density at radius 2 is 2.00 bits per heavy atom. The average molecular weight is 489 g/mol. The normalized spacial score (nSPS) is 25.6. The monoisotopic (exact) mass is 488 g/mol. The van der Waals surface area contributed by atoms with Gasteiger partial charge in [-0.1, -0.05) is 6.92 Å². The molecule has 0 amide bonds. The number of hydrogen-bond acceptors (Lipinski definition) is 6. The molecule has 2 saturated carbocycles. The number of aromatic nitrogens is 2. The Bertz CT molecular complexity index is 1300. The Labute approximate surface area is 210 Å². The van der Waals surface area contributed by atoms with Crippen molar-refractivity contribution in [1.82, 2.24) is 9.97 Å². The van der Waals surface area contributed by atoms with Gasteiger partial charge in [-0.25, -0.2) is 4.39 Å². The van der Waals surface area contributed by atoms with Gasteiger partial charge in [0.2, 0.25) is 0 Å². The minimum Gasteiger partial charge on any atom is -0.393 e. The molecule has 2 aromatic heterocycles. The number of aliphatic hydroxyl groups excluding tert-OH is 1. The van der Waals surface area contributed by atoms with Crippen LogP contribution in [0.25, 0.3) is 10.9 Å². The van der Waals surface area contributed by atoms with Gasteiger partial charge in [0.1, 0.15) is 5.82 Å². The molecule has 3 fully saturated rings. The van der Waals surface area contributed by atoms with Crippen LogP contribution >= 0.6 is 0 Å². The summed E-state index contributed by atoms with van der Waals surface area (Å²) < 4.78 is 14.9. The fourth-order valence-corrected chi connectivity index (χ4v) is 6.88. The summed E-state index contributed by atoms with van der Waals surface area (Å²) in [5.41, 5.74) is 10.3. The van der Waals surface area contributed by atoms with E-state index in [1.165, 1.54) is 6.07 Å². The number of nitrogens with zero attached hydrogens (tertiary/aromatic N) is 3. The van der Waals surface area contributed by atoms with Crippen molar-refractivity contribution in [2.24, 2.45) is 17.1 Å². The molecule has 0 bridgehead atoms. The molecule has 6 nitrogen and oxygen atoms in total. The number of hydrogen-bond donors (Lipinski definition) is 2. The van der Waals surface area contributed by atoms with Crippen LogP contribution in [0.15, 0.2) is 42.9 Å². The van der Waals surface area contributed by atoms with Gasteiger partial charge >= 0.3 is 0 Å². The molecule has 3 heterocycles. The number of rotatable bonds is 5. The first-order valence-electron chi connectivity index (χ1n) is 13.0. The van der Waals surface area contributed by atoms with Crippen molar-refractivity contribution in [3.63, 3.8) is 0 Å². The van der Waals surface area contributed by atoms with Crippen molar-refractivity contribution >= 4 is 22.4 Å². The van der Waals surface area contributed by atoms with Crippen molar-refractivity contribution in [3.8, 4) is 0 Å². The summed E-state index contributed by atoms with van der Waals surface area (Å²) in [6, 6.07) is 6.91. The van der Waals surface area contributed by atoms with E-state index in [1.807, 2.05) is 6.07 Å². The fraction of sp³-hybridized carbons (Fsp3) is 0.483. The fourth-order valence-electron chi connectivity index (χ4n) is 6.88. The van der Waals surface area contributed by atoms with Crippen molar-refractivity contribution in [2.45, 2.75) is 63.5 Å². The third-order valence-corrected chi connectivity index (χ3v) is 8.55. The van der Waals surface area contributed by atoms with Crippen LogP contribution in [0, 0.1) is 17.2 Å². The number of anilines is 1. The Morgan fingerprint density at radius 1 is 1.19 bits per heavy atom. The summed E-state index contributed by atoms with van der Waals surface area (Å²) in [7, 11) is 0. The van der Waals surface area contributed by atoms with Gasteiger partial charge in [0.15, 0.2) is 5.78 Å². The number of Topliss-reactive ketones (excluding diaryl/α,β-unsaturated/α-hetero) is 1. The summed E-state index contributed by atoms with van der Waals surface area (Å²) in [5.74, 6) is 0.397. The number of pyridine rings is 2. The lowest BCUT2D eigenvalue weighted by molar-refractivity contribution is -0.0491. The number of aliphatic hydroxyl groups is 1. The van der Waals surface area contributed by atoms with Crippen molar-refractivity contribution in [3.05, 3.63) is 65.4 Å². The maximum absolute atomic E-state index is 14.9. The third kappa shape index (κ3) is 4.18. The molecule has 188 valence electrons. The maximum Gasteiger partial charge on any atom is 0.169 e. The van der Waals surface area contributed by atoms with Gasteiger partial charge in [-0.15, -0.1) is 0 Å². The molecule has 1 aliphatic heterocycles. The summed E-state index contributed by atoms with van der Waals surface area (Å²) in [6.45, 7) is 3.94. The molecule has 2 aliphatic carbocycles. The molecule has 0 radical (unpaired) electrons. The highest BCUT2D eigenvalue weighted by Crippen LogP contribution is 2.49. The lowest BCUT2D eigenvalue weighted by atomic mass is 9.62. The van der Waals surface area contributed by atoms with Gasteiger partial charge in [-0.2, -0.15) is 0 Å². The number of ketones is 1. The molecule has 6 rings (SSSR count). The molecule has 0 unspecified atom stereocenters. The molecule has 3 atom stereocenters. The third-order valence-electron chi connectivity index (χ3n) is 8.55. The second-order valence-corrected chi connectivity index (χ2v) is 11.5. The van der Waals surface area contributed by atoms with Crippen molar-refractivity contribution < 1.29 is 14.3 Å². The van der Waals surface area contributed by atoms with E-state index in [9.17, 15) is 14.3 Å². The van der Waals surface area contributed by atoms with E-state index >= 15 is 0 Å².